The maximum absolute atomic E-state index is 10.1. The van der Waals surface area contributed by atoms with Gasteiger partial charge in [0.25, 0.3) is 0 Å². The van der Waals surface area contributed by atoms with Crippen LogP contribution in [0.3, 0.4) is 0 Å². The van der Waals surface area contributed by atoms with E-state index >= 15 is 0 Å². The second kappa shape index (κ2) is 6.81. The van der Waals surface area contributed by atoms with Crippen molar-refractivity contribution in [3.8, 4) is 0 Å². The van der Waals surface area contributed by atoms with Gasteiger partial charge in [-0.2, -0.15) is 0 Å². The van der Waals surface area contributed by atoms with Crippen LogP contribution in [0.2, 0.25) is 0 Å². The first-order valence-electron chi connectivity index (χ1n) is 4.32. The van der Waals surface area contributed by atoms with Crippen LogP contribution < -0.4 is 5.32 Å². The van der Waals surface area contributed by atoms with Crippen LogP contribution in [0, 0.1) is 0 Å². The van der Waals surface area contributed by atoms with Crippen molar-refractivity contribution in [2.75, 3.05) is 6.54 Å². The van der Waals surface area contributed by atoms with E-state index < -0.39 is 24.4 Å². The molecule has 0 aliphatic rings. The summed E-state index contributed by atoms with van der Waals surface area (Å²) in [5.41, 5.74) is 0. The molecule has 5 N–H and O–H groups in total. The highest BCUT2D eigenvalue weighted by atomic mass is 32.1. The van der Waals surface area contributed by atoms with E-state index in [2.05, 4.69) is 17.5 Å². The van der Waals surface area contributed by atoms with Gasteiger partial charge >= 0.3 is 0 Å². The van der Waals surface area contributed by atoms with Gasteiger partial charge in [-0.15, -0.1) is 0 Å². The highest BCUT2D eigenvalue weighted by molar-refractivity contribution is 7.80. The number of rotatable bonds is 6. The number of aliphatic hydroxyl groups is 4. The summed E-state index contributed by atoms with van der Waals surface area (Å²) in [6.07, 6.45) is -6.30. The quantitative estimate of drug-likeness (QED) is 0.258. The monoisotopic (exact) mass is 237 g/mol. The van der Waals surface area contributed by atoms with E-state index in [4.69, 9.17) is 10.2 Å². The van der Waals surface area contributed by atoms with Crippen LogP contribution >= 0.6 is 12.2 Å². The van der Waals surface area contributed by atoms with Gasteiger partial charge in [-0.05, 0) is 6.92 Å². The molecule has 0 aromatic heterocycles. The zero-order valence-electron chi connectivity index (χ0n) is 8.20. The van der Waals surface area contributed by atoms with Crippen LogP contribution in [0.4, 0.5) is 0 Å². The number of hydrogen-bond acceptors (Lipinski definition) is 6. The minimum atomic E-state index is -1.72. The average Bonchev–Trinajstić information content (AvgIpc) is 2.22. The van der Waals surface area contributed by atoms with Crippen molar-refractivity contribution >= 4 is 23.5 Å². The molecular formula is C8H15NO5S. The van der Waals surface area contributed by atoms with Crippen molar-refractivity contribution in [3.05, 3.63) is 0 Å². The molecule has 0 radical (unpaired) electrons. The van der Waals surface area contributed by atoms with Crippen LogP contribution in [0.5, 0.6) is 0 Å². The summed E-state index contributed by atoms with van der Waals surface area (Å²) in [5.74, 6) is 0. The van der Waals surface area contributed by atoms with Gasteiger partial charge in [0.2, 0.25) is 0 Å². The fourth-order valence-electron chi connectivity index (χ4n) is 0.879. The van der Waals surface area contributed by atoms with Gasteiger partial charge in [0.15, 0.2) is 6.29 Å². The van der Waals surface area contributed by atoms with E-state index in [0.717, 1.165) is 0 Å². The number of carbonyl (C=O) groups is 1. The van der Waals surface area contributed by atoms with Crippen molar-refractivity contribution in [3.63, 3.8) is 0 Å². The van der Waals surface area contributed by atoms with Crippen LogP contribution in [0.1, 0.15) is 6.92 Å². The van der Waals surface area contributed by atoms with E-state index in [1.165, 1.54) is 0 Å². The Balaban J connectivity index is 4.11. The SMILES string of the molecule is CC(=S)NCC(O)C(O)C(O)C(O)C=O. The van der Waals surface area contributed by atoms with Gasteiger partial charge in [-0.1, -0.05) is 12.2 Å². The van der Waals surface area contributed by atoms with Crippen molar-refractivity contribution in [1.82, 2.24) is 5.32 Å². The van der Waals surface area contributed by atoms with E-state index in [9.17, 15) is 15.0 Å². The topological polar surface area (TPSA) is 110 Å². The highest BCUT2D eigenvalue weighted by Crippen LogP contribution is 2.03. The Morgan fingerprint density at radius 2 is 1.87 bits per heavy atom. The summed E-state index contributed by atoms with van der Waals surface area (Å²) in [6.45, 7) is 1.52. The van der Waals surface area contributed by atoms with Crippen LogP contribution in [-0.2, 0) is 4.79 Å². The summed E-state index contributed by atoms with van der Waals surface area (Å²) < 4.78 is 0. The van der Waals surface area contributed by atoms with E-state index in [-0.39, 0.29) is 12.8 Å². The number of nitrogens with one attached hydrogen (secondary N) is 1. The van der Waals surface area contributed by atoms with Gasteiger partial charge in [0, 0.05) is 6.54 Å². The second-order valence-corrected chi connectivity index (χ2v) is 3.72. The largest absolute Gasteiger partial charge is 0.388 e. The van der Waals surface area contributed by atoms with Crippen LogP contribution in [0.15, 0.2) is 0 Å². The maximum atomic E-state index is 10.1. The molecule has 6 nitrogen and oxygen atoms in total. The minimum absolute atomic E-state index is 0.0703. The highest BCUT2D eigenvalue weighted by Gasteiger charge is 2.29. The minimum Gasteiger partial charge on any atom is -0.388 e. The fraction of sp³-hybridized carbons (Fsp3) is 0.750. The normalized spacial score (nSPS) is 18.7. The third-order valence-electron chi connectivity index (χ3n) is 1.79. The predicted molar refractivity (Wildman–Crippen MR) is 56.4 cm³/mol. The second-order valence-electron chi connectivity index (χ2n) is 3.11. The van der Waals surface area contributed by atoms with E-state index in [1.807, 2.05) is 0 Å². The van der Waals surface area contributed by atoms with Gasteiger partial charge in [-0.3, -0.25) is 0 Å². The molecule has 0 aromatic rings. The zero-order valence-corrected chi connectivity index (χ0v) is 9.02. The smallest absolute Gasteiger partial charge is 0.151 e. The lowest BCUT2D eigenvalue weighted by Gasteiger charge is -2.24. The Hall–Kier alpha value is -0.600. The molecule has 0 fully saturated rings. The van der Waals surface area contributed by atoms with Crippen LogP contribution in [0.25, 0.3) is 0 Å². The number of carbonyl (C=O) groups excluding carboxylic acids is 1. The Kier molecular flexibility index (Phi) is 6.53. The molecule has 15 heavy (non-hydrogen) atoms. The summed E-state index contributed by atoms with van der Waals surface area (Å²) >= 11 is 4.67. The lowest BCUT2D eigenvalue weighted by molar-refractivity contribution is -0.133. The van der Waals surface area contributed by atoms with Gasteiger partial charge in [-0.25, -0.2) is 0 Å². The van der Waals surface area contributed by atoms with Gasteiger partial charge in [0.05, 0.1) is 11.1 Å². The zero-order chi connectivity index (χ0) is 12.0. The molecule has 88 valence electrons. The van der Waals surface area contributed by atoms with Crippen molar-refractivity contribution in [2.45, 2.75) is 31.3 Å². The predicted octanol–water partition coefficient (Wildman–Crippen LogP) is -2.43. The Labute approximate surface area is 92.5 Å². The maximum Gasteiger partial charge on any atom is 0.151 e. The van der Waals surface area contributed by atoms with E-state index in [1.54, 1.807) is 6.92 Å². The van der Waals surface area contributed by atoms with E-state index in [0.29, 0.717) is 4.99 Å². The molecule has 0 amide bonds. The summed E-state index contributed by atoms with van der Waals surface area (Å²) in [6, 6.07) is 0. The molecule has 0 aromatic carbocycles. The summed E-state index contributed by atoms with van der Waals surface area (Å²) in [4.78, 5) is 10.5. The summed E-state index contributed by atoms with van der Waals surface area (Å²) in [5, 5.41) is 39.3. The molecule has 0 aliphatic carbocycles. The molecule has 4 atom stereocenters. The molecule has 0 saturated carbocycles. The average molecular weight is 237 g/mol. The molecule has 4 unspecified atom stereocenters. The Morgan fingerprint density at radius 3 is 2.27 bits per heavy atom. The van der Waals surface area contributed by atoms with Crippen molar-refractivity contribution in [2.24, 2.45) is 0 Å². The third kappa shape index (κ3) is 5.14. The molecule has 0 bridgehead atoms. The first kappa shape index (κ1) is 14.4. The Morgan fingerprint density at radius 1 is 1.33 bits per heavy atom. The number of hydrogen-bond donors (Lipinski definition) is 5. The lowest BCUT2D eigenvalue weighted by atomic mass is 10.0. The van der Waals surface area contributed by atoms with Crippen molar-refractivity contribution in [1.29, 1.82) is 0 Å². The number of aliphatic hydroxyl groups excluding tert-OH is 4. The lowest BCUT2D eigenvalue weighted by Crippen LogP contribution is -2.48. The molecule has 0 spiro atoms. The van der Waals surface area contributed by atoms with Gasteiger partial charge in [0.1, 0.15) is 18.3 Å². The Bertz CT molecular complexity index is 225. The molecule has 0 aliphatic heterocycles. The first-order chi connectivity index (χ1) is 6.90. The number of thiocarbonyl (C=S) groups is 1. The number of aldehydes is 1. The molecule has 0 heterocycles. The van der Waals surface area contributed by atoms with Crippen molar-refractivity contribution < 1.29 is 25.2 Å². The first-order valence-corrected chi connectivity index (χ1v) is 4.73. The molecule has 7 heteroatoms. The molecule has 0 saturated heterocycles. The standard InChI is InChI=1S/C8H15NO5S/c1-4(15)9-2-5(11)7(13)8(14)6(12)3-10/h3,5-8,11-14H,2H2,1H3,(H,9,15). The van der Waals surface area contributed by atoms with Gasteiger partial charge < -0.3 is 30.5 Å². The van der Waals surface area contributed by atoms with Crippen LogP contribution in [-0.4, -0.2) is 62.7 Å². The molecule has 0 rings (SSSR count). The fourth-order valence-corrected chi connectivity index (χ4v) is 0.963. The summed E-state index contributed by atoms with van der Waals surface area (Å²) in [7, 11) is 0. The molecular weight excluding hydrogens is 222 g/mol. The third-order valence-corrected chi connectivity index (χ3v) is 1.94.